The minimum atomic E-state index is -0.0317. The van der Waals surface area contributed by atoms with Crippen molar-refractivity contribution in [1.29, 1.82) is 0 Å². The van der Waals surface area contributed by atoms with Crippen molar-refractivity contribution in [3.8, 4) is 0 Å². The van der Waals surface area contributed by atoms with E-state index in [-0.39, 0.29) is 11.7 Å². The Hall–Kier alpha value is -1.68. The summed E-state index contributed by atoms with van der Waals surface area (Å²) in [4.78, 5) is 23.7. The molecule has 0 bridgehead atoms. The predicted octanol–water partition coefficient (Wildman–Crippen LogP) is 2.50. The van der Waals surface area contributed by atoms with E-state index in [1.54, 1.807) is 12.1 Å². The van der Waals surface area contributed by atoms with Gasteiger partial charge in [-0.15, -0.1) is 0 Å². The number of hydrogen-bond donors (Lipinski definition) is 2. The van der Waals surface area contributed by atoms with Gasteiger partial charge in [-0.3, -0.25) is 9.59 Å². The van der Waals surface area contributed by atoms with Crippen LogP contribution >= 0.6 is 0 Å². The first-order chi connectivity index (χ1) is 10.7. The Morgan fingerprint density at radius 2 is 1.73 bits per heavy atom. The number of para-hydroxylation sites is 1. The van der Waals surface area contributed by atoms with Gasteiger partial charge in [0.15, 0.2) is 12.3 Å². The maximum atomic E-state index is 12.1. The van der Waals surface area contributed by atoms with E-state index >= 15 is 0 Å². The number of hydrogen-bond acceptors (Lipinski definition) is 2. The van der Waals surface area contributed by atoms with Crippen LogP contribution in [0.5, 0.6) is 0 Å². The van der Waals surface area contributed by atoms with Gasteiger partial charge in [-0.05, 0) is 44.7 Å². The standard InChI is InChI=1S/C18H26N2O2/c1-14(21)16-11-7-8-12-17(16)20-18(22)13-19-15-9-5-3-2-4-6-10-15/h7-8,11-12,15,19H,2-6,9-10,13H2,1H3,(H,20,22)/p+1. The fourth-order valence-electron chi connectivity index (χ4n) is 3.10. The van der Waals surface area contributed by atoms with Crippen LogP contribution in [0.2, 0.25) is 0 Å². The summed E-state index contributed by atoms with van der Waals surface area (Å²) in [5, 5.41) is 5.03. The molecule has 0 aromatic heterocycles. The summed E-state index contributed by atoms with van der Waals surface area (Å²) in [5.41, 5.74) is 1.19. The van der Waals surface area contributed by atoms with Crippen LogP contribution in [0.4, 0.5) is 5.69 Å². The highest BCUT2D eigenvalue weighted by Gasteiger charge is 2.16. The smallest absolute Gasteiger partial charge is 0.279 e. The van der Waals surface area contributed by atoms with Crippen molar-refractivity contribution in [2.45, 2.75) is 57.9 Å². The van der Waals surface area contributed by atoms with Gasteiger partial charge in [0.05, 0.1) is 11.7 Å². The first-order valence-corrected chi connectivity index (χ1v) is 8.40. The molecule has 0 saturated heterocycles. The van der Waals surface area contributed by atoms with E-state index in [1.165, 1.54) is 51.9 Å². The largest absolute Gasteiger partial charge is 0.336 e. The third kappa shape index (κ3) is 5.26. The van der Waals surface area contributed by atoms with E-state index in [2.05, 4.69) is 10.6 Å². The van der Waals surface area contributed by atoms with E-state index in [0.29, 0.717) is 23.8 Å². The molecule has 0 unspecified atom stereocenters. The van der Waals surface area contributed by atoms with Crippen molar-refractivity contribution in [3.05, 3.63) is 29.8 Å². The number of carbonyl (C=O) groups excluding carboxylic acids is 2. The molecule has 0 spiro atoms. The van der Waals surface area contributed by atoms with E-state index in [9.17, 15) is 9.59 Å². The highest BCUT2D eigenvalue weighted by atomic mass is 16.2. The lowest BCUT2D eigenvalue weighted by Gasteiger charge is -2.18. The van der Waals surface area contributed by atoms with Gasteiger partial charge >= 0.3 is 0 Å². The predicted molar refractivity (Wildman–Crippen MR) is 88.0 cm³/mol. The lowest BCUT2D eigenvalue weighted by Crippen LogP contribution is -2.91. The fraction of sp³-hybridized carbons (Fsp3) is 0.556. The summed E-state index contributed by atoms with van der Waals surface area (Å²) >= 11 is 0. The quantitative estimate of drug-likeness (QED) is 0.821. The number of quaternary nitrogens is 1. The summed E-state index contributed by atoms with van der Waals surface area (Å²) in [6.45, 7) is 1.95. The minimum Gasteiger partial charge on any atom is -0.336 e. The molecule has 1 aromatic rings. The number of anilines is 1. The third-order valence-electron chi connectivity index (χ3n) is 4.37. The lowest BCUT2D eigenvalue weighted by molar-refractivity contribution is -0.680. The van der Waals surface area contributed by atoms with Crippen molar-refractivity contribution < 1.29 is 14.9 Å². The second-order valence-electron chi connectivity index (χ2n) is 6.19. The van der Waals surface area contributed by atoms with Gasteiger partial charge in [-0.25, -0.2) is 0 Å². The molecule has 0 atom stereocenters. The Kier molecular flexibility index (Phi) is 6.59. The van der Waals surface area contributed by atoms with Crippen molar-refractivity contribution in [2.75, 3.05) is 11.9 Å². The zero-order valence-corrected chi connectivity index (χ0v) is 13.4. The number of benzene rings is 1. The van der Waals surface area contributed by atoms with Gasteiger partial charge in [0.1, 0.15) is 0 Å². The van der Waals surface area contributed by atoms with Gasteiger partial charge < -0.3 is 10.6 Å². The zero-order valence-electron chi connectivity index (χ0n) is 13.4. The van der Waals surface area contributed by atoms with E-state index < -0.39 is 0 Å². The average Bonchev–Trinajstić information content (AvgIpc) is 2.46. The van der Waals surface area contributed by atoms with Gasteiger partial charge in [0, 0.05) is 5.56 Å². The zero-order chi connectivity index (χ0) is 15.8. The molecule has 2 rings (SSSR count). The van der Waals surface area contributed by atoms with Crippen LogP contribution in [0.1, 0.15) is 62.2 Å². The second-order valence-corrected chi connectivity index (χ2v) is 6.19. The summed E-state index contributed by atoms with van der Waals surface area (Å²) in [7, 11) is 0. The van der Waals surface area contributed by atoms with Gasteiger partial charge in [0.25, 0.3) is 5.91 Å². The maximum absolute atomic E-state index is 12.1. The van der Waals surface area contributed by atoms with Crippen LogP contribution in [0, 0.1) is 0 Å². The number of nitrogens with two attached hydrogens (primary N) is 1. The summed E-state index contributed by atoms with van der Waals surface area (Å²) in [6, 6.07) is 7.74. The number of Topliss-reactive ketones (excluding diaryl/α,β-unsaturated/α-hetero) is 1. The van der Waals surface area contributed by atoms with Crippen molar-refractivity contribution in [2.24, 2.45) is 0 Å². The number of ketones is 1. The van der Waals surface area contributed by atoms with Gasteiger partial charge in [-0.1, -0.05) is 31.4 Å². The Labute approximate surface area is 132 Å². The number of rotatable bonds is 5. The van der Waals surface area contributed by atoms with Gasteiger partial charge in [0.2, 0.25) is 0 Å². The van der Waals surface area contributed by atoms with Crippen molar-refractivity contribution >= 4 is 17.4 Å². The molecule has 0 radical (unpaired) electrons. The Morgan fingerprint density at radius 3 is 2.41 bits per heavy atom. The average molecular weight is 303 g/mol. The number of nitrogens with one attached hydrogen (secondary N) is 1. The maximum Gasteiger partial charge on any atom is 0.279 e. The summed E-state index contributed by atoms with van der Waals surface area (Å²) in [6.07, 6.45) is 8.96. The highest BCUT2D eigenvalue weighted by molar-refractivity contribution is 6.03. The number of carbonyl (C=O) groups is 2. The second kappa shape index (κ2) is 8.69. The van der Waals surface area contributed by atoms with Crippen LogP contribution in [-0.2, 0) is 4.79 Å². The van der Waals surface area contributed by atoms with E-state index in [1.807, 2.05) is 12.1 Å². The third-order valence-corrected chi connectivity index (χ3v) is 4.37. The van der Waals surface area contributed by atoms with Crippen LogP contribution in [0.25, 0.3) is 0 Å². The summed E-state index contributed by atoms with van der Waals surface area (Å²) < 4.78 is 0. The minimum absolute atomic E-state index is 0.0279. The first kappa shape index (κ1) is 16.7. The Bertz CT molecular complexity index is 506. The molecule has 3 N–H and O–H groups in total. The molecule has 1 fully saturated rings. The molecule has 4 heteroatoms. The fourth-order valence-corrected chi connectivity index (χ4v) is 3.10. The van der Waals surface area contributed by atoms with Crippen molar-refractivity contribution in [1.82, 2.24) is 0 Å². The molecule has 22 heavy (non-hydrogen) atoms. The van der Waals surface area contributed by atoms with Crippen LogP contribution in [0.15, 0.2) is 24.3 Å². The molecular weight excluding hydrogens is 276 g/mol. The molecule has 0 aliphatic heterocycles. The SMILES string of the molecule is CC(=O)c1ccccc1NC(=O)C[NH2+]C1CCCCCCC1. The van der Waals surface area contributed by atoms with E-state index in [4.69, 9.17) is 0 Å². The van der Waals surface area contributed by atoms with Crippen molar-refractivity contribution in [3.63, 3.8) is 0 Å². The van der Waals surface area contributed by atoms with Crippen LogP contribution in [0.3, 0.4) is 0 Å². The molecule has 1 aliphatic rings. The van der Waals surface area contributed by atoms with Crippen LogP contribution in [-0.4, -0.2) is 24.3 Å². The molecule has 1 saturated carbocycles. The molecule has 1 aliphatic carbocycles. The molecule has 120 valence electrons. The molecule has 0 heterocycles. The van der Waals surface area contributed by atoms with Crippen LogP contribution < -0.4 is 10.6 Å². The van der Waals surface area contributed by atoms with Gasteiger partial charge in [-0.2, -0.15) is 0 Å². The molecule has 4 nitrogen and oxygen atoms in total. The highest BCUT2D eigenvalue weighted by Crippen LogP contribution is 2.16. The number of amides is 1. The monoisotopic (exact) mass is 303 g/mol. The molecular formula is C18H27N2O2+. The molecule has 1 aromatic carbocycles. The Morgan fingerprint density at radius 1 is 1.09 bits per heavy atom. The van der Waals surface area contributed by atoms with E-state index in [0.717, 1.165) is 0 Å². The first-order valence-electron chi connectivity index (χ1n) is 8.40. The lowest BCUT2D eigenvalue weighted by atomic mass is 9.97. The normalized spacial score (nSPS) is 16.6. The summed E-state index contributed by atoms with van der Waals surface area (Å²) in [5.74, 6) is -0.0596. The topological polar surface area (TPSA) is 62.8 Å². The Balaban J connectivity index is 1.83. The molecule has 1 amide bonds.